The number of aromatic carboxylic acids is 1. The molecule has 0 saturated heterocycles. The highest BCUT2D eigenvalue weighted by Crippen LogP contribution is 2.24. The molecule has 9 heteroatoms. The number of ether oxygens (including phenoxy) is 1. The number of aliphatic hydroxyl groups is 2. The maximum atomic E-state index is 12.0. The predicted molar refractivity (Wildman–Crippen MR) is 68.2 cm³/mol. The topological polar surface area (TPSA) is 133 Å². The Morgan fingerprint density at radius 1 is 1.45 bits per heavy atom. The zero-order valence-corrected chi connectivity index (χ0v) is 11.4. The maximum absolute atomic E-state index is 12.0. The van der Waals surface area contributed by atoms with Gasteiger partial charge in [-0.25, -0.2) is 17.9 Å². The molecule has 1 unspecified atom stereocenters. The van der Waals surface area contributed by atoms with E-state index >= 15 is 0 Å². The summed E-state index contributed by atoms with van der Waals surface area (Å²) < 4.78 is 30.9. The number of carbonyl (C=O) groups is 1. The first-order valence-electron chi connectivity index (χ1n) is 5.51. The average molecular weight is 305 g/mol. The van der Waals surface area contributed by atoms with Crippen LogP contribution in [-0.2, 0) is 10.0 Å². The molecule has 0 aromatic heterocycles. The SMILES string of the molecule is COc1cc(C(=O)O)ccc1S(=O)(=O)NCC(O)CO. The van der Waals surface area contributed by atoms with Crippen LogP contribution in [-0.4, -0.2) is 56.1 Å². The van der Waals surface area contributed by atoms with Crippen molar-refractivity contribution in [2.75, 3.05) is 20.3 Å². The van der Waals surface area contributed by atoms with E-state index in [-0.39, 0.29) is 22.8 Å². The summed E-state index contributed by atoms with van der Waals surface area (Å²) in [5, 5.41) is 26.6. The van der Waals surface area contributed by atoms with Gasteiger partial charge in [0, 0.05) is 6.54 Å². The molecular formula is C11H15NO7S. The van der Waals surface area contributed by atoms with E-state index in [9.17, 15) is 13.2 Å². The summed E-state index contributed by atoms with van der Waals surface area (Å²) in [5.74, 6) is -1.34. The van der Waals surface area contributed by atoms with Gasteiger partial charge in [0.05, 0.1) is 25.4 Å². The quantitative estimate of drug-likeness (QED) is 0.509. The Bertz CT molecular complexity index is 584. The van der Waals surface area contributed by atoms with Gasteiger partial charge in [-0.15, -0.1) is 0 Å². The fourth-order valence-electron chi connectivity index (χ4n) is 1.37. The third-order valence-corrected chi connectivity index (χ3v) is 3.88. The minimum atomic E-state index is -3.99. The van der Waals surface area contributed by atoms with E-state index in [2.05, 4.69) is 4.72 Å². The lowest BCUT2D eigenvalue weighted by atomic mass is 10.2. The molecule has 0 fully saturated rings. The Balaban J connectivity index is 3.08. The Labute approximate surface area is 115 Å². The number of carboxylic acids is 1. The lowest BCUT2D eigenvalue weighted by molar-refractivity contribution is 0.0696. The number of aliphatic hydroxyl groups excluding tert-OH is 2. The van der Waals surface area contributed by atoms with Gasteiger partial charge in [0.15, 0.2) is 0 Å². The second-order valence-corrected chi connectivity index (χ2v) is 5.59. The van der Waals surface area contributed by atoms with Crippen LogP contribution in [0.4, 0.5) is 0 Å². The second kappa shape index (κ2) is 6.66. The minimum Gasteiger partial charge on any atom is -0.495 e. The third-order valence-electron chi connectivity index (χ3n) is 2.42. The van der Waals surface area contributed by atoms with Gasteiger partial charge in [-0.05, 0) is 18.2 Å². The standard InChI is InChI=1S/C11H15NO7S/c1-19-9-4-7(11(15)16)2-3-10(9)20(17,18)12-5-8(14)6-13/h2-4,8,12-14H,5-6H2,1H3,(H,15,16). The maximum Gasteiger partial charge on any atom is 0.335 e. The zero-order chi connectivity index (χ0) is 15.3. The summed E-state index contributed by atoms with van der Waals surface area (Å²) in [6.45, 7) is -0.958. The smallest absolute Gasteiger partial charge is 0.335 e. The predicted octanol–water partition coefficient (Wildman–Crippen LogP) is -0.975. The van der Waals surface area contributed by atoms with E-state index in [0.717, 1.165) is 18.2 Å². The third kappa shape index (κ3) is 3.90. The van der Waals surface area contributed by atoms with Crippen molar-refractivity contribution < 1.29 is 33.3 Å². The number of rotatable bonds is 7. The number of methoxy groups -OCH3 is 1. The van der Waals surface area contributed by atoms with Crippen LogP contribution in [0, 0.1) is 0 Å². The van der Waals surface area contributed by atoms with Crippen molar-refractivity contribution in [2.45, 2.75) is 11.0 Å². The normalized spacial score (nSPS) is 12.9. The molecular weight excluding hydrogens is 290 g/mol. The van der Waals surface area contributed by atoms with Gasteiger partial charge >= 0.3 is 5.97 Å². The summed E-state index contributed by atoms with van der Waals surface area (Å²) >= 11 is 0. The molecule has 0 heterocycles. The van der Waals surface area contributed by atoms with E-state index in [1.807, 2.05) is 0 Å². The highest BCUT2D eigenvalue weighted by Gasteiger charge is 2.21. The van der Waals surface area contributed by atoms with E-state index in [1.54, 1.807) is 0 Å². The van der Waals surface area contributed by atoms with Crippen LogP contribution in [0.3, 0.4) is 0 Å². The van der Waals surface area contributed by atoms with E-state index < -0.39 is 28.7 Å². The van der Waals surface area contributed by atoms with Crippen molar-refractivity contribution in [3.05, 3.63) is 23.8 Å². The molecule has 8 nitrogen and oxygen atoms in total. The van der Waals surface area contributed by atoms with Crippen molar-refractivity contribution in [1.82, 2.24) is 4.72 Å². The highest BCUT2D eigenvalue weighted by atomic mass is 32.2. The molecule has 1 rings (SSSR count). The molecule has 1 aromatic carbocycles. The van der Waals surface area contributed by atoms with Gasteiger partial charge in [0.1, 0.15) is 10.6 Å². The van der Waals surface area contributed by atoms with Crippen LogP contribution in [0.2, 0.25) is 0 Å². The summed E-state index contributed by atoms with van der Waals surface area (Å²) in [6, 6.07) is 3.30. The summed E-state index contributed by atoms with van der Waals surface area (Å²) in [6.07, 6.45) is -1.23. The van der Waals surface area contributed by atoms with Crippen molar-refractivity contribution in [3.63, 3.8) is 0 Å². The van der Waals surface area contributed by atoms with E-state index in [1.165, 1.54) is 7.11 Å². The van der Waals surface area contributed by atoms with Crippen molar-refractivity contribution >= 4 is 16.0 Å². The molecule has 0 saturated carbocycles. The first-order chi connectivity index (χ1) is 9.31. The molecule has 0 radical (unpaired) electrons. The first kappa shape index (κ1) is 16.4. The fourth-order valence-corrected chi connectivity index (χ4v) is 2.59. The van der Waals surface area contributed by atoms with Crippen LogP contribution in [0.15, 0.2) is 23.1 Å². The molecule has 0 spiro atoms. The Morgan fingerprint density at radius 2 is 2.10 bits per heavy atom. The number of carboxylic acid groups (broad SMARTS) is 1. The Hall–Kier alpha value is -1.68. The first-order valence-corrected chi connectivity index (χ1v) is 7.00. The molecule has 0 amide bonds. The number of hydrogen-bond donors (Lipinski definition) is 4. The molecule has 1 aromatic rings. The zero-order valence-electron chi connectivity index (χ0n) is 10.6. The van der Waals surface area contributed by atoms with Gasteiger partial charge in [-0.1, -0.05) is 0 Å². The summed E-state index contributed by atoms with van der Waals surface area (Å²) in [4.78, 5) is 10.5. The van der Waals surface area contributed by atoms with Crippen molar-refractivity contribution in [1.29, 1.82) is 0 Å². The largest absolute Gasteiger partial charge is 0.495 e. The number of sulfonamides is 1. The lowest BCUT2D eigenvalue weighted by Gasteiger charge is -2.13. The van der Waals surface area contributed by atoms with E-state index in [4.69, 9.17) is 20.1 Å². The van der Waals surface area contributed by atoms with Crippen LogP contribution >= 0.6 is 0 Å². The second-order valence-electron chi connectivity index (χ2n) is 3.86. The number of nitrogens with one attached hydrogen (secondary N) is 1. The van der Waals surface area contributed by atoms with Gasteiger partial charge in [0.2, 0.25) is 10.0 Å². The highest BCUT2D eigenvalue weighted by molar-refractivity contribution is 7.89. The monoisotopic (exact) mass is 305 g/mol. The average Bonchev–Trinajstić information content (AvgIpc) is 2.43. The summed E-state index contributed by atoms with van der Waals surface area (Å²) in [5.41, 5.74) is -0.115. The lowest BCUT2D eigenvalue weighted by Crippen LogP contribution is -2.34. The molecule has 1 atom stereocenters. The van der Waals surface area contributed by atoms with E-state index in [0.29, 0.717) is 0 Å². The summed E-state index contributed by atoms with van der Waals surface area (Å²) in [7, 11) is -2.78. The minimum absolute atomic E-state index is 0.115. The van der Waals surface area contributed by atoms with Gasteiger partial charge in [-0.2, -0.15) is 0 Å². The Morgan fingerprint density at radius 3 is 2.60 bits per heavy atom. The molecule has 0 aliphatic heterocycles. The number of hydrogen-bond acceptors (Lipinski definition) is 6. The van der Waals surface area contributed by atoms with Crippen LogP contribution in [0.25, 0.3) is 0 Å². The van der Waals surface area contributed by atoms with Gasteiger partial charge in [0.25, 0.3) is 0 Å². The Kier molecular flexibility index (Phi) is 5.45. The van der Waals surface area contributed by atoms with Crippen LogP contribution < -0.4 is 9.46 Å². The molecule has 0 aliphatic carbocycles. The van der Waals surface area contributed by atoms with Crippen LogP contribution in [0.1, 0.15) is 10.4 Å². The number of benzene rings is 1. The van der Waals surface area contributed by atoms with Crippen molar-refractivity contribution in [2.24, 2.45) is 0 Å². The molecule has 112 valence electrons. The van der Waals surface area contributed by atoms with Gasteiger partial charge in [-0.3, -0.25) is 0 Å². The fraction of sp³-hybridized carbons (Fsp3) is 0.364. The molecule has 0 bridgehead atoms. The van der Waals surface area contributed by atoms with Gasteiger partial charge < -0.3 is 20.1 Å². The molecule has 0 aliphatic rings. The molecule has 20 heavy (non-hydrogen) atoms. The van der Waals surface area contributed by atoms with Crippen LogP contribution in [0.5, 0.6) is 5.75 Å². The molecule has 4 N–H and O–H groups in total. The van der Waals surface area contributed by atoms with Crippen molar-refractivity contribution in [3.8, 4) is 5.75 Å².